The first-order valence-corrected chi connectivity index (χ1v) is 9.99. The molecular weight excluding hydrogens is 374 g/mol. The van der Waals surface area contributed by atoms with Gasteiger partial charge in [0.15, 0.2) is 0 Å². The van der Waals surface area contributed by atoms with Crippen LogP contribution in [0.1, 0.15) is 22.9 Å². The molecule has 0 saturated carbocycles. The summed E-state index contributed by atoms with van der Waals surface area (Å²) < 4.78 is 1.92. The van der Waals surface area contributed by atoms with Gasteiger partial charge in [-0.15, -0.1) is 22.7 Å². The van der Waals surface area contributed by atoms with E-state index in [1.165, 1.54) is 0 Å². The molecule has 0 bridgehead atoms. The second kappa shape index (κ2) is 7.83. The Balaban J connectivity index is 1.62. The second-order valence-electron chi connectivity index (χ2n) is 6.08. The van der Waals surface area contributed by atoms with Crippen molar-refractivity contribution in [2.45, 2.75) is 19.5 Å². The standard InChI is InChI=1S/C18H20ClN3OS2/c1-12(18-20-14-6-4-5-7-15(14)25-18)22(3)17(23)11-21(2)10-13-8-9-16(19)24-13/h4-9,12H,10-11H2,1-3H3/t12-/m1/s1. The molecule has 0 aliphatic heterocycles. The number of hydrogen-bond donors (Lipinski definition) is 0. The summed E-state index contributed by atoms with van der Waals surface area (Å²) in [7, 11) is 3.79. The van der Waals surface area contributed by atoms with Crippen LogP contribution in [0.4, 0.5) is 0 Å². The van der Waals surface area contributed by atoms with Gasteiger partial charge in [-0.2, -0.15) is 0 Å². The predicted molar refractivity (Wildman–Crippen MR) is 106 cm³/mol. The van der Waals surface area contributed by atoms with Crippen molar-refractivity contribution in [1.29, 1.82) is 0 Å². The Hall–Kier alpha value is -1.47. The van der Waals surface area contributed by atoms with E-state index < -0.39 is 0 Å². The zero-order valence-electron chi connectivity index (χ0n) is 14.4. The Morgan fingerprint density at radius 3 is 2.64 bits per heavy atom. The lowest BCUT2D eigenvalue weighted by molar-refractivity contribution is -0.132. The Morgan fingerprint density at radius 2 is 1.96 bits per heavy atom. The van der Waals surface area contributed by atoms with E-state index in [-0.39, 0.29) is 11.9 Å². The molecule has 0 radical (unpaired) electrons. The number of amides is 1. The number of fused-ring (bicyclic) bond motifs is 1. The summed E-state index contributed by atoms with van der Waals surface area (Å²) >= 11 is 9.15. The number of carbonyl (C=O) groups excluding carboxylic acids is 1. The van der Waals surface area contributed by atoms with E-state index in [4.69, 9.17) is 11.6 Å². The quantitative estimate of drug-likeness (QED) is 0.611. The Morgan fingerprint density at radius 1 is 1.20 bits per heavy atom. The smallest absolute Gasteiger partial charge is 0.237 e. The fourth-order valence-electron chi connectivity index (χ4n) is 2.55. The van der Waals surface area contributed by atoms with Gasteiger partial charge in [-0.3, -0.25) is 9.69 Å². The summed E-state index contributed by atoms with van der Waals surface area (Å²) in [6.45, 7) is 3.10. The van der Waals surface area contributed by atoms with E-state index in [1.807, 2.05) is 56.3 Å². The van der Waals surface area contributed by atoms with Crippen LogP contribution >= 0.6 is 34.3 Å². The van der Waals surface area contributed by atoms with Crippen LogP contribution in [-0.2, 0) is 11.3 Å². The number of aromatic nitrogens is 1. The number of nitrogens with zero attached hydrogens (tertiary/aromatic N) is 3. The van der Waals surface area contributed by atoms with Crippen LogP contribution in [0.15, 0.2) is 36.4 Å². The van der Waals surface area contributed by atoms with Crippen molar-refractivity contribution in [1.82, 2.24) is 14.8 Å². The summed E-state index contributed by atoms with van der Waals surface area (Å²) in [5, 5.41) is 0.963. The summed E-state index contributed by atoms with van der Waals surface area (Å²) in [5.41, 5.74) is 0.988. The summed E-state index contributed by atoms with van der Waals surface area (Å²) in [5.74, 6) is 0.0805. The van der Waals surface area contributed by atoms with E-state index in [2.05, 4.69) is 11.1 Å². The lowest BCUT2D eigenvalue weighted by Crippen LogP contribution is -2.37. The van der Waals surface area contributed by atoms with Crippen molar-refractivity contribution in [2.24, 2.45) is 0 Å². The molecule has 0 spiro atoms. The number of hydrogen-bond acceptors (Lipinski definition) is 5. The molecule has 25 heavy (non-hydrogen) atoms. The van der Waals surface area contributed by atoms with Gasteiger partial charge in [-0.25, -0.2) is 4.98 Å². The molecule has 2 heterocycles. The number of likely N-dealkylation sites (N-methyl/N-ethyl adjacent to an activating group) is 2. The number of thiazole rings is 1. The molecule has 132 valence electrons. The first-order valence-electron chi connectivity index (χ1n) is 7.98. The van der Waals surface area contributed by atoms with Gasteiger partial charge in [0.25, 0.3) is 0 Å². The van der Waals surface area contributed by atoms with Crippen molar-refractivity contribution in [3.63, 3.8) is 0 Å². The fraction of sp³-hybridized carbons (Fsp3) is 0.333. The summed E-state index contributed by atoms with van der Waals surface area (Å²) in [6, 6.07) is 11.9. The molecular formula is C18H20ClN3OS2. The minimum atomic E-state index is -0.0468. The Kier molecular flexibility index (Phi) is 5.74. The highest BCUT2D eigenvalue weighted by Crippen LogP contribution is 2.29. The first kappa shape index (κ1) is 18.3. The Labute approximate surface area is 160 Å². The molecule has 0 aliphatic rings. The van der Waals surface area contributed by atoms with Crippen LogP contribution in [0, 0.1) is 0 Å². The largest absolute Gasteiger partial charge is 0.335 e. The number of rotatable bonds is 6. The lowest BCUT2D eigenvalue weighted by Gasteiger charge is -2.25. The van der Waals surface area contributed by atoms with Crippen molar-refractivity contribution < 1.29 is 4.79 Å². The molecule has 4 nitrogen and oxygen atoms in total. The number of benzene rings is 1. The molecule has 0 N–H and O–H groups in total. The minimum Gasteiger partial charge on any atom is -0.335 e. The van der Waals surface area contributed by atoms with Crippen LogP contribution in [0.25, 0.3) is 10.2 Å². The van der Waals surface area contributed by atoms with Gasteiger partial charge in [-0.1, -0.05) is 23.7 Å². The van der Waals surface area contributed by atoms with E-state index in [9.17, 15) is 4.79 Å². The molecule has 7 heteroatoms. The highest BCUT2D eigenvalue weighted by atomic mass is 35.5. The fourth-order valence-corrected chi connectivity index (χ4v) is 4.78. The van der Waals surface area contributed by atoms with Crippen LogP contribution in [0.2, 0.25) is 4.34 Å². The third-order valence-electron chi connectivity index (χ3n) is 4.10. The topological polar surface area (TPSA) is 36.4 Å². The summed E-state index contributed by atoms with van der Waals surface area (Å²) in [6.07, 6.45) is 0. The monoisotopic (exact) mass is 393 g/mol. The van der Waals surface area contributed by atoms with Crippen LogP contribution < -0.4 is 0 Å². The molecule has 3 aromatic rings. The maximum atomic E-state index is 12.6. The maximum absolute atomic E-state index is 12.6. The van der Waals surface area contributed by atoms with Crippen LogP contribution in [0.5, 0.6) is 0 Å². The molecule has 2 aromatic heterocycles. The molecule has 0 aliphatic carbocycles. The highest BCUT2D eigenvalue weighted by molar-refractivity contribution is 7.18. The van der Waals surface area contributed by atoms with Crippen molar-refractivity contribution in [3.8, 4) is 0 Å². The number of carbonyl (C=O) groups is 1. The summed E-state index contributed by atoms with van der Waals surface area (Å²) in [4.78, 5) is 22.2. The van der Waals surface area contributed by atoms with Crippen molar-refractivity contribution >= 4 is 50.4 Å². The molecule has 0 saturated heterocycles. The van der Waals surface area contributed by atoms with Gasteiger partial charge in [-0.05, 0) is 38.2 Å². The molecule has 1 atom stereocenters. The molecule has 0 unspecified atom stereocenters. The van der Waals surface area contributed by atoms with E-state index >= 15 is 0 Å². The second-order valence-corrected chi connectivity index (χ2v) is 8.94. The predicted octanol–water partition coefficient (Wildman–Crippen LogP) is 4.66. The third-order valence-corrected chi connectivity index (χ3v) is 6.52. The highest BCUT2D eigenvalue weighted by Gasteiger charge is 2.21. The van der Waals surface area contributed by atoms with Gasteiger partial charge in [0, 0.05) is 18.5 Å². The third kappa shape index (κ3) is 4.39. The van der Waals surface area contributed by atoms with Gasteiger partial charge < -0.3 is 4.90 Å². The van der Waals surface area contributed by atoms with Crippen LogP contribution in [-0.4, -0.2) is 41.3 Å². The average molecular weight is 394 g/mol. The normalized spacial score (nSPS) is 12.7. The van der Waals surface area contributed by atoms with Crippen molar-refractivity contribution in [2.75, 3.05) is 20.6 Å². The lowest BCUT2D eigenvalue weighted by atomic mass is 10.3. The van der Waals surface area contributed by atoms with Gasteiger partial charge in [0.2, 0.25) is 5.91 Å². The van der Waals surface area contributed by atoms with Crippen LogP contribution in [0.3, 0.4) is 0 Å². The molecule has 1 amide bonds. The van der Waals surface area contributed by atoms with E-state index in [0.29, 0.717) is 13.1 Å². The average Bonchev–Trinajstić information content (AvgIpc) is 3.19. The number of thiophene rings is 1. The number of para-hydroxylation sites is 1. The molecule has 3 rings (SSSR count). The Bertz CT molecular complexity index is 843. The first-order chi connectivity index (χ1) is 11.9. The zero-order valence-corrected chi connectivity index (χ0v) is 16.8. The van der Waals surface area contributed by atoms with E-state index in [1.54, 1.807) is 27.6 Å². The molecule has 1 aromatic carbocycles. The van der Waals surface area contributed by atoms with Crippen molar-refractivity contribution in [3.05, 3.63) is 50.6 Å². The minimum absolute atomic E-state index is 0.0468. The zero-order chi connectivity index (χ0) is 18.0. The molecule has 0 fully saturated rings. The SMILES string of the molecule is C[C@H](c1nc2ccccc2s1)N(C)C(=O)CN(C)Cc1ccc(Cl)s1. The number of halogens is 1. The van der Waals surface area contributed by atoms with Gasteiger partial charge in [0.05, 0.1) is 27.1 Å². The maximum Gasteiger partial charge on any atom is 0.237 e. The van der Waals surface area contributed by atoms with E-state index in [0.717, 1.165) is 24.4 Å². The van der Waals surface area contributed by atoms with Gasteiger partial charge in [0.1, 0.15) is 5.01 Å². The van der Waals surface area contributed by atoms with Gasteiger partial charge >= 0.3 is 0 Å².